The predicted molar refractivity (Wildman–Crippen MR) is 105 cm³/mol. The molecule has 0 aromatic heterocycles. The smallest absolute Gasteiger partial charge is 0.330 e. The van der Waals surface area contributed by atoms with Crippen LogP contribution in [-0.4, -0.2) is 29.5 Å². The van der Waals surface area contributed by atoms with Crippen LogP contribution in [0.5, 0.6) is 0 Å². The number of carbonyl (C=O) groups excluding carboxylic acids is 3. The van der Waals surface area contributed by atoms with Gasteiger partial charge in [0.1, 0.15) is 5.78 Å². The van der Waals surface area contributed by atoms with Gasteiger partial charge in [0.2, 0.25) is 0 Å². The molecular formula is C22H27BrO4. The SMILES string of the molecule is COC(=O)/C=C1/CCC2C3CCC4=CC(=O)[C@H](Br)CC4(C)C3C(=O)CC12C. The zero-order valence-corrected chi connectivity index (χ0v) is 17.8. The number of hydrogen-bond donors (Lipinski definition) is 0. The van der Waals surface area contributed by atoms with Gasteiger partial charge in [-0.05, 0) is 55.4 Å². The maximum atomic E-state index is 13.5. The van der Waals surface area contributed by atoms with E-state index in [4.69, 9.17) is 4.74 Å². The number of ether oxygens (including phenoxy) is 1. The Morgan fingerprint density at radius 1 is 1.22 bits per heavy atom. The van der Waals surface area contributed by atoms with Crippen LogP contribution >= 0.6 is 15.9 Å². The third-order valence-electron chi connectivity index (χ3n) is 8.00. The standard InChI is InChI=1S/C22H27BrO4/c1-21-11-18(25)20-14(15(21)7-5-13(21)9-19(26)27-3)6-4-12-8-17(24)16(23)10-22(12,20)2/h8-9,14-16,20H,4-7,10-11H2,1-3H3/b13-9-/t14?,15?,16-,20?,21?,22?/m1/s1. The number of carbonyl (C=O) groups is 3. The van der Waals surface area contributed by atoms with E-state index >= 15 is 0 Å². The second-order valence-corrected chi connectivity index (χ2v) is 10.3. The molecule has 6 atom stereocenters. The van der Waals surface area contributed by atoms with Gasteiger partial charge in [0, 0.05) is 23.8 Å². The van der Waals surface area contributed by atoms with Crippen LogP contribution in [0.25, 0.3) is 0 Å². The molecule has 0 saturated heterocycles. The first kappa shape index (κ1) is 19.1. The van der Waals surface area contributed by atoms with Crippen LogP contribution in [0.4, 0.5) is 0 Å². The van der Waals surface area contributed by atoms with Crippen molar-refractivity contribution in [3.05, 3.63) is 23.3 Å². The average molecular weight is 435 g/mol. The molecule has 5 heteroatoms. The van der Waals surface area contributed by atoms with Gasteiger partial charge < -0.3 is 4.74 Å². The summed E-state index contributed by atoms with van der Waals surface area (Å²) in [4.78, 5) is 37.3. The van der Waals surface area contributed by atoms with Gasteiger partial charge in [0.25, 0.3) is 0 Å². The Kier molecular flexibility index (Phi) is 4.53. The number of hydrogen-bond acceptors (Lipinski definition) is 4. The van der Waals surface area contributed by atoms with Gasteiger partial charge in [-0.25, -0.2) is 4.79 Å². The number of halogens is 1. The average Bonchev–Trinajstić information content (AvgIpc) is 2.91. The lowest BCUT2D eigenvalue weighted by molar-refractivity contribution is -0.142. The summed E-state index contributed by atoms with van der Waals surface area (Å²) in [6.45, 7) is 4.36. The second kappa shape index (κ2) is 6.40. The van der Waals surface area contributed by atoms with Crippen molar-refractivity contribution in [3.63, 3.8) is 0 Å². The molecule has 5 unspecified atom stereocenters. The van der Waals surface area contributed by atoms with Crippen LogP contribution in [-0.2, 0) is 19.1 Å². The van der Waals surface area contributed by atoms with Crippen LogP contribution in [0.1, 0.15) is 52.4 Å². The molecule has 0 bridgehead atoms. The Hall–Kier alpha value is -1.23. The zero-order valence-electron chi connectivity index (χ0n) is 16.2. The summed E-state index contributed by atoms with van der Waals surface area (Å²) in [6.07, 6.45) is 8.38. The summed E-state index contributed by atoms with van der Waals surface area (Å²) in [5, 5.41) is 0. The highest BCUT2D eigenvalue weighted by Gasteiger charge is 2.61. The van der Waals surface area contributed by atoms with Gasteiger partial charge in [-0.2, -0.15) is 0 Å². The van der Waals surface area contributed by atoms with Crippen molar-refractivity contribution in [1.82, 2.24) is 0 Å². The van der Waals surface area contributed by atoms with Crippen LogP contribution in [0.15, 0.2) is 23.3 Å². The highest BCUT2D eigenvalue weighted by atomic mass is 79.9. The molecule has 4 aliphatic rings. The first-order valence-corrected chi connectivity index (χ1v) is 10.8. The van der Waals surface area contributed by atoms with E-state index in [0.29, 0.717) is 30.5 Å². The van der Waals surface area contributed by atoms with Crippen LogP contribution in [0.2, 0.25) is 0 Å². The lowest BCUT2D eigenvalue weighted by atomic mass is 9.47. The number of esters is 1. The molecule has 4 aliphatic carbocycles. The lowest BCUT2D eigenvalue weighted by Crippen LogP contribution is -2.55. The summed E-state index contributed by atoms with van der Waals surface area (Å²) in [6, 6.07) is 0. The van der Waals surface area contributed by atoms with Gasteiger partial charge in [-0.15, -0.1) is 0 Å². The first-order valence-electron chi connectivity index (χ1n) is 9.91. The Bertz CT molecular complexity index is 781. The maximum Gasteiger partial charge on any atom is 0.330 e. The molecule has 0 aromatic carbocycles. The zero-order chi connectivity index (χ0) is 19.6. The molecule has 0 amide bonds. The number of methoxy groups -OCH3 is 1. The third-order valence-corrected chi connectivity index (χ3v) is 8.77. The van der Waals surface area contributed by atoms with E-state index in [2.05, 4.69) is 29.8 Å². The number of rotatable bonds is 1. The Morgan fingerprint density at radius 2 is 1.96 bits per heavy atom. The van der Waals surface area contributed by atoms with Gasteiger partial charge in [-0.3, -0.25) is 9.59 Å². The normalized spacial score (nSPS) is 45.0. The minimum atomic E-state index is -0.324. The van der Waals surface area contributed by atoms with E-state index in [1.165, 1.54) is 12.7 Å². The minimum absolute atomic E-state index is 0.0128. The Balaban J connectivity index is 1.72. The molecule has 0 heterocycles. The Morgan fingerprint density at radius 3 is 2.67 bits per heavy atom. The lowest BCUT2D eigenvalue weighted by Gasteiger charge is -2.56. The fourth-order valence-electron chi connectivity index (χ4n) is 6.70. The van der Waals surface area contributed by atoms with Crippen molar-refractivity contribution < 1.29 is 19.1 Å². The molecule has 3 saturated carbocycles. The minimum Gasteiger partial charge on any atom is -0.466 e. The van der Waals surface area contributed by atoms with Crippen molar-refractivity contribution in [2.75, 3.05) is 7.11 Å². The van der Waals surface area contributed by atoms with E-state index in [1.54, 1.807) is 12.2 Å². The fraction of sp³-hybridized carbons (Fsp3) is 0.682. The van der Waals surface area contributed by atoms with Crippen molar-refractivity contribution in [2.24, 2.45) is 28.6 Å². The highest BCUT2D eigenvalue weighted by molar-refractivity contribution is 9.10. The van der Waals surface area contributed by atoms with Gasteiger partial charge in [-0.1, -0.05) is 40.9 Å². The largest absolute Gasteiger partial charge is 0.466 e. The fourth-order valence-corrected chi connectivity index (χ4v) is 7.50. The number of ketones is 2. The quantitative estimate of drug-likeness (QED) is 0.353. The molecule has 0 spiro atoms. The summed E-state index contributed by atoms with van der Waals surface area (Å²) in [5.41, 5.74) is 1.79. The van der Waals surface area contributed by atoms with Gasteiger partial charge in [0.05, 0.1) is 11.9 Å². The van der Waals surface area contributed by atoms with Crippen molar-refractivity contribution in [2.45, 2.75) is 57.2 Å². The van der Waals surface area contributed by atoms with E-state index in [0.717, 1.165) is 31.3 Å². The number of Topliss-reactive ketones (excluding diaryl/α,β-unsaturated/α-hetero) is 1. The number of fused-ring (bicyclic) bond motifs is 5. The van der Waals surface area contributed by atoms with Crippen LogP contribution in [0, 0.1) is 28.6 Å². The molecule has 0 aromatic rings. The van der Waals surface area contributed by atoms with Crippen LogP contribution in [0.3, 0.4) is 0 Å². The van der Waals surface area contributed by atoms with E-state index in [-0.39, 0.29) is 33.3 Å². The molecule has 146 valence electrons. The third kappa shape index (κ3) is 2.72. The topological polar surface area (TPSA) is 60.4 Å². The molecule has 27 heavy (non-hydrogen) atoms. The summed E-state index contributed by atoms with van der Waals surface area (Å²) < 4.78 is 4.83. The monoisotopic (exact) mass is 434 g/mol. The maximum absolute atomic E-state index is 13.5. The molecule has 3 fully saturated rings. The summed E-state index contributed by atoms with van der Waals surface area (Å²) in [5.74, 6) is 0.851. The molecular weight excluding hydrogens is 408 g/mol. The van der Waals surface area contributed by atoms with Gasteiger partial charge in [0.15, 0.2) is 5.78 Å². The van der Waals surface area contributed by atoms with E-state index in [9.17, 15) is 14.4 Å². The summed E-state index contributed by atoms with van der Waals surface area (Å²) >= 11 is 3.53. The van der Waals surface area contributed by atoms with Crippen LogP contribution < -0.4 is 0 Å². The number of alkyl halides is 1. The van der Waals surface area contributed by atoms with Crippen molar-refractivity contribution in [1.29, 1.82) is 0 Å². The predicted octanol–water partition coefficient (Wildman–Crippen LogP) is 4.17. The molecule has 0 aliphatic heterocycles. The second-order valence-electron chi connectivity index (χ2n) is 9.24. The van der Waals surface area contributed by atoms with E-state index < -0.39 is 0 Å². The van der Waals surface area contributed by atoms with Crippen molar-refractivity contribution in [3.8, 4) is 0 Å². The summed E-state index contributed by atoms with van der Waals surface area (Å²) in [7, 11) is 1.40. The Labute approximate surface area is 168 Å². The number of allylic oxidation sites excluding steroid dienone is 2. The molecule has 4 nitrogen and oxygen atoms in total. The molecule has 0 radical (unpaired) electrons. The van der Waals surface area contributed by atoms with Gasteiger partial charge >= 0.3 is 5.97 Å². The molecule has 4 rings (SSSR count). The van der Waals surface area contributed by atoms with Crippen molar-refractivity contribution >= 4 is 33.5 Å². The molecule has 0 N–H and O–H groups in total. The van der Waals surface area contributed by atoms with E-state index in [1.807, 2.05) is 0 Å². The highest BCUT2D eigenvalue weighted by Crippen LogP contribution is 2.65. The first-order chi connectivity index (χ1) is 12.7.